The van der Waals surface area contributed by atoms with Crippen molar-refractivity contribution in [2.45, 2.75) is 0 Å². The molecule has 0 unspecified atom stereocenters. The normalized spacial score (nSPS) is 11.6. The molecule has 0 N–H and O–H groups in total. The zero-order valence-corrected chi connectivity index (χ0v) is 27.7. The molecular weight excluding hydrogens is 629 g/mol. The summed E-state index contributed by atoms with van der Waals surface area (Å²) in [4.78, 5) is 15.4. The Morgan fingerprint density at radius 2 is 0.940 bits per heavy atom. The second-order valence-corrected chi connectivity index (χ2v) is 13.5. The maximum absolute atomic E-state index is 5.20. The Balaban J connectivity index is 1.28. The Bertz CT molecular complexity index is 2800. The molecule has 10 rings (SSSR count). The van der Waals surface area contributed by atoms with Crippen molar-refractivity contribution < 1.29 is 0 Å². The van der Waals surface area contributed by atoms with E-state index in [0.717, 1.165) is 33.3 Å². The second-order valence-electron chi connectivity index (χ2n) is 12.5. The van der Waals surface area contributed by atoms with Crippen LogP contribution in [0.1, 0.15) is 0 Å². The van der Waals surface area contributed by atoms with Crippen molar-refractivity contribution in [3.8, 4) is 51.0 Å². The highest BCUT2D eigenvalue weighted by Gasteiger charge is 2.21. The first kappa shape index (κ1) is 28.6. The van der Waals surface area contributed by atoms with E-state index in [2.05, 4.69) is 138 Å². The molecule has 0 amide bonds. The van der Waals surface area contributed by atoms with Gasteiger partial charge in [-0.15, -0.1) is 11.3 Å². The van der Waals surface area contributed by atoms with Gasteiger partial charge in [-0.1, -0.05) is 146 Å². The van der Waals surface area contributed by atoms with Gasteiger partial charge in [-0.2, -0.15) is 9.97 Å². The number of benzene rings is 7. The first-order valence-corrected chi connectivity index (χ1v) is 17.5. The largest absolute Gasteiger partial charge is 0.278 e. The summed E-state index contributed by atoms with van der Waals surface area (Å²) >= 11 is 1.85. The Morgan fingerprint density at radius 1 is 0.380 bits per heavy atom. The molecule has 0 bridgehead atoms. The fourth-order valence-electron chi connectivity index (χ4n) is 7.08. The Hall–Kier alpha value is -6.43. The first-order chi connectivity index (χ1) is 24.8. The van der Waals surface area contributed by atoms with Crippen LogP contribution in [0, 0.1) is 0 Å². The number of aromatic nitrogens is 4. The molecule has 50 heavy (non-hydrogen) atoms. The smallest absolute Gasteiger partial charge is 0.238 e. The fourth-order valence-corrected chi connectivity index (χ4v) is 8.34. The lowest BCUT2D eigenvalue weighted by Gasteiger charge is -2.11. The maximum atomic E-state index is 5.20. The third kappa shape index (κ3) is 4.71. The van der Waals surface area contributed by atoms with E-state index in [0.29, 0.717) is 17.6 Å². The van der Waals surface area contributed by atoms with Crippen LogP contribution in [0.15, 0.2) is 170 Å². The summed E-state index contributed by atoms with van der Waals surface area (Å²) in [6, 6.07) is 59.7. The molecule has 0 saturated carbocycles. The van der Waals surface area contributed by atoms with Crippen LogP contribution in [0.2, 0.25) is 0 Å². The van der Waals surface area contributed by atoms with Gasteiger partial charge in [-0.25, -0.2) is 4.98 Å². The number of hydrogen-bond donors (Lipinski definition) is 0. The maximum Gasteiger partial charge on any atom is 0.238 e. The van der Waals surface area contributed by atoms with E-state index < -0.39 is 0 Å². The van der Waals surface area contributed by atoms with Gasteiger partial charge in [0.25, 0.3) is 0 Å². The molecule has 5 heteroatoms. The summed E-state index contributed by atoms with van der Waals surface area (Å²) in [6.07, 6.45) is 0. The monoisotopic (exact) mass is 656 g/mol. The van der Waals surface area contributed by atoms with Crippen LogP contribution in [0.3, 0.4) is 0 Å². The van der Waals surface area contributed by atoms with Gasteiger partial charge < -0.3 is 0 Å². The van der Waals surface area contributed by atoms with E-state index in [9.17, 15) is 0 Å². The molecular formula is C45H28N4S. The Kier molecular flexibility index (Phi) is 6.64. The minimum Gasteiger partial charge on any atom is -0.278 e. The van der Waals surface area contributed by atoms with Crippen LogP contribution in [0.5, 0.6) is 0 Å². The van der Waals surface area contributed by atoms with Gasteiger partial charge in [-0.05, 0) is 46.5 Å². The summed E-state index contributed by atoms with van der Waals surface area (Å²) in [5.41, 5.74) is 8.68. The van der Waals surface area contributed by atoms with Gasteiger partial charge >= 0.3 is 0 Å². The van der Waals surface area contributed by atoms with Crippen molar-refractivity contribution in [3.05, 3.63) is 170 Å². The summed E-state index contributed by atoms with van der Waals surface area (Å²) in [7, 11) is 0. The quantitative estimate of drug-likeness (QED) is 0.185. The zero-order chi connectivity index (χ0) is 33.0. The SMILES string of the molecule is c1ccc(-c2cccc(-c3ccc4c5c6sc7ccccc7c6ccc5n(-c5nc(-c6ccccc6)nc(-c6ccccc6)n5)c4c3)c2)cc1. The molecule has 10 aromatic rings. The average molecular weight is 657 g/mol. The van der Waals surface area contributed by atoms with E-state index in [1.807, 2.05) is 47.7 Å². The molecule has 0 aliphatic heterocycles. The summed E-state index contributed by atoms with van der Waals surface area (Å²) in [5.74, 6) is 1.87. The van der Waals surface area contributed by atoms with Crippen LogP contribution in [0.4, 0.5) is 0 Å². The van der Waals surface area contributed by atoms with Crippen LogP contribution in [-0.4, -0.2) is 19.5 Å². The van der Waals surface area contributed by atoms with Gasteiger partial charge in [0, 0.05) is 42.1 Å². The summed E-state index contributed by atoms with van der Waals surface area (Å²) in [6.45, 7) is 0. The minimum absolute atomic E-state index is 0.591. The molecule has 0 atom stereocenters. The van der Waals surface area contributed by atoms with Gasteiger partial charge in [0.2, 0.25) is 5.95 Å². The summed E-state index contributed by atoms with van der Waals surface area (Å²) < 4.78 is 4.79. The molecule has 0 fully saturated rings. The highest BCUT2D eigenvalue weighted by molar-refractivity contribution is 7.26. The molecule has 3 heterocycles. The molecule has 234 valence electrons. The lowest BCUT2D eigenvalue weighted by molar-refractivity contribution is 0.954. The number of fused-ring (bicyclic) bond motifs is 7. The van der Waals surface area contributed by atoms with Crippen molar-refractivity contribution in [2.24, 2.45) is 0 Å². The van der Waals surface area contributed by atoms with Gasteiger partial charge in [0.1, 0.15) is 0 Å². The predicted molar refractivity (Wildman–Crippen MR) is 209 cm³/mol. The fraction of sp³-hybridized carbons (Fsp3) is 0. The first-order valence-electron chi connectivity index (χ1n) is 16.7. The van der Waals surface area contributed by atoms with Gasteiger partial charge in [-0.3, -0.25) is 4.57 Å². The number of hydrogen-bond acceptors (Lipinski definition) is 4. The molecule has 0 radical (unpaired) electrons. The second kappa shape index (κ2) is 11.6. The molecule has 0 aliphatic rings. The lowest BCUT2D eigenvalue weighted by atomic mass is 9.98. The van der Waals surface area contributed by atoms with Crippen LogP contribution in [0.25, 0.3) is 93.0 Å². The van der Waals surface area contributed by atoms with Crippen molar-refractivity contribution in [1.82, 2.24) is 19.5 Å². The highest BCUT2D eigenvalue weighted by Crippen LogP contribution is 2.44. The molecule has 0 saturated heterocycles. The molecule has 7 aromatic carbocycles. The van der Waals surface area contributed by atoms with E-state index >= 15 is 0 Å². The van der Waals surface area contributed by atoms with Crippen LogP contribution < -0.4 is 0 Å². The standard InChI is InChI=1S/C45H28N4S/c1-4-13-29(14-5-1)32-19-12-20-33(27-32)34-23-24-37-39(28-34)49(38-26-25-36-35-21-10-11-22-40(35)50-42(36)41(37)38)45-47-43(30-15-6-2-7-16-30)46-44(48-45)31-17-8-3-9-18-31/h1-28H. The Labute approximate surface area is 292 Å². The van der Waals surface area contributed by atoms with Gasteiger partial charge in [0.15, 0.2) is 11.6 Å². The van der Waals surface area contributed by atoms with Crippen molar-refractivity contribution in [3.63, 3.8) is 0 Å². The van der Waals surface area contributed by atoms with E-state index in [4.69, 9.17) is 15.0 Å². The van der Waals surface area contributed by atoms with Crippen molar-refractivity contribution in [1.29, 1.82) is 0 Å². The van der Waals surface area contributed by atoms with Crippen LogP contribution in [-0.2, 0) is 0 Å². The molecule has 0 spiro atoms. The molecule has 4 nitrogen and oxygen atoms in total. The van der Waals surface area contributed by atoms with Gasteiger partial charge in [0.05, 0.1) is 11.0 Å². The van der Waals surface area contributed by atoms with E-state index in [-0.39, 0.29) is 0 Å². The molecule has 0 aliphatic carbocycles. The topological polar surface area (TPSA) is 43.6 Å². The lowest BCUT2D eigenvalue weighted by Crippen LogP contribution is -2.06. The van der Waals surface area contributed by atoms with Crippen molar-refractivity contribution >= 4 is 53.3 Å². The average Bonchev–Trinajstić information content (AvgIpc) is 3.74. The third-order valence-electron chi connectivity index (χ3n) is 9.46. The highest BCUT2D eigenvalue weighted by atomic mass is 32.1. The van der Waals surface area contributed by atoms with Crippen molar-refractivity contribution in [2.75, 3.05) is 0 Å². The predicted octanol–water partition coefficient (Wildman–Crippen LogP) is 12.0. The molecule has 3 aromatic heterocycles. The number of thiophene rings is 1. The minimum atomic E-state index is 0.591. The zero-order valence-electron chi connectivity index (χ0n) is 26.9. The Morgan fingerprint density at radius 3 is 1.64 bits per heavy atom. The van der Waals surface area contributed by atoms with Crippen LogP contribution >= 0.6 is 11.3 Å². The summed E-state index contributed by atoms with van der Waals surface area (Å²) in [5, 5.41) is 4.93. The third-order valence-corrected chi connectivity index (χ3v) is 10.7. The number of nitrogens with zero attached hydrogens (tertiary/aromatic N) is 4. The van der Waals surface area contributed by atoms with E-state index in [1.54, 1.807) is 0 Å². The number of rotatable bonds is 5. The van der Waals surface area contributed by atoms with E-state index in [1.165, 1.54) is 42.1 Å².